The molecular formula is C14H24Cl2N2. The maximum atomic E-state index is 3.58. The molecule has 1 aliphatic heterocycles. The molecule has 0 unspecified atom stereocenters. The first-order valence-corrected chi connectivity index (χ1v) is 6.32. The van der Waals surface area contributed by atoms with Crippen LogP contribution in [0.25, 0.3) is 0 Å². The van der Waals surface area contributed by atoms with E-state index in [1.807, 2.05) is 0 Å². The second kappa shape index (κ2) is 9.62. The van der Waals surface area contributed by atoms with Crippen molar-refractivity contribution in [3.8, 4) is 0 Å². The van der Waals surface area contributed by atoms with Gasteiger partial charge in [0.05, 0.1) is 0 Å². The highest BCUT2D eigenvalue weighted by atomic mass is 35.5. The molecule has 0 aliphatic carbocycles. The van der Waals surface area contributed by atoms with Crippen LogP contribution >= 0.6 is 24.8 Å². The van der Waals surface area contributed by atoms with Crippen molar-refractivity contribution < 1.29 is 0 Å². The molecule has 2 nitrogen and oxygen atoms in total. The van der Waals surface area contributed by atoms with Crippen molar-refractivity contribution in [2.45, 2.75) is 26.3 Å². The third-order valence-electron chi connectivity index (χ3n) is 3.47. The standard InChI is InChI=1S/C14H22N2.2ClH/c1-12-4-2-3-5-14(12)11-16-10-13-6-8-15-9-7-13;;/h2-5,13,15-16H,6-11H2,1H3;2*1H. The molecule has 1 fully saturated rings. The fraction of sp³-hybridized carbons (Fsp3) is 0.571. The lowest BCUT2D eigenvalue weighted by molar-refractivity contribution is 0.356. The molecule has 104 valence electrons. The molecule has 0 amide bonds. The normalized spacial score (nSPS) is 15.6. The molecule has 1 aromatic carbocycles. The van der Waals surface area contributed by atoms with Crippen LogP contribution < -0.4 is 10.6 Å². The lowest BCUT2D eigenvalue weighted by atomic mass is 9.98. The number of benzene rings is 1. The highest BCUT2D eigenvalue weighted by molar-refractivity contribution is 5.85. The van der Waals surface area contributed by atoms with Gasteiger partial charge in [-0.1, -0.05) is 24.3 Å². The Balaban J connectivity index is 0.00000144. The molecule has 0 spiro atoms. The molecule has 0 radical (unpaired) electrons. The van der Waals surface area contributed by atoms with Gasteiger partial charge in [0.2, 0.25) is 0 Å². The van der Waals surface area contributed by atoms with Crippen LogP contribution in [0.5, 0.6) is 0 Å². The largest absolute Gasteiger partial charge is 0.317 e. The van der Waals surface area contributed by atoms with Crippen molar-refractivity contribution in [1.29, 1.82) is 0 Å². The zero-order valence-electron chi connectivity index (χ0n) is 10.9. The summed E-state index contributed by atoms with van der Waals surface area (Å²) in [6.45, 7) is 6.74. The van der Waals surface area contributed by atoms with Crippen molar-refractivity contribution in [2.75, 3.05) is 19.6 Å². The Labute approximate surface area is 123 Å². The molecule has 1 aliphatic rings. The first-order chi connectivity index (χ1) is 7.86. The number of piperidine rings is 1. The topological polar surface area (TPSA) is 24.1 Å². The molecule has 18 heavy (non-hydrogen) atoms. The molecule has 0 saturated carbocycles. The summed E-state index contributed by atoms with van der Waals surface area (Å²) >= 11 is 0. The van der Waals surface area contributed by atoms with E-state index in [1.165, 1.54) is 37.1 Å². The molecular weight excluding hydrogens is 267 g/mol. The van der Waals surface area contributed by atoms with Crippen LogP contribution in [0, 0.1) is 12.8 Å². The van der Waals surface area contributed by atoms with E-state index in [-0.39, 0.29) is 24.8 Å². The van der Waals surface area contributed by atoms with Gasteiger partial charge in [0.15, 0.2) is 0 Å². The van der Waals surface area contributed by atoms with Gasteiger partial charge in [0.25, 0.3) is 0 Å². The molecule has 4 heteroatoms. The Kier molecular flexibility index (Phi) is 9.47. The maximum Gasteiger partial charge on any atom is 0.0208 e. The lowest BCUT2D eigenvalue weighted by Crippen LogP contribution is -2.33. The van der Waals surface area contributed by atoms with Gasteiger partial charge in [0, 0.05) is 6.54 Å². The second-order valence-electron chi connectivity index (χ2n) is 4.75. The predicted octanol–water partition coefficient (Wildman–Crippen LogP) is 2.93. The Morgan fingerprint density at radius 1 is 1.17 bits per heavy atom. The van der Waals surface area contributed by atoms with Gasteiger partial charge in [-0.25, -0.2) is 0 Å². The molecule has 0 atom stereocenters. The Morgan fingerprint density at radius 2 is 1.83 bits per heavy atom. The third-order valence-corrected chi connectivity index (χ3v) is 3.47. The van der Waals surface area contributed by atoms with Gasteiger partial charge >= 0.3 is 0 Å². The summed E-state index contributed by atoms with van der Waals surface area (Å²) in [5.41, 5.74) is 2.82. The minimum Gasteiger partial charge on any atom is -0.317 e. The molecule has 0 bridgehead atoms. The summed E-state index contributed by atoms with van der Waals surface area (Å²) in [6, 6.07) is 8.62. The minimum absolute atomic E-state index is 0. The summed E-state index contributed by atoms with van der Waals surface area (Å²) < 4.78 is 0. The quantitative estimate of drug-likeness (QED) is 0.891. The van der Waals surface area contributed by atoms with Gasteiger partial charge in [-0.05, 0) is 56.4 Å². The smallest absolute Gasteiger partial charge is 0.0208 e. The SMILES string of the molecule is Cc1ccccc1CNCC1CCNCC1.Cl.Cl. The minimum atomic E-state index is 0. The van der Waals surface area contributed by atoms with Crippen LogP contribution in [0.4, 0.5) is 0 Å². The molecule has 2 N–H and O–H groups in total. The number of nitrogens with one attached hydrogen (secondary N) is 2. The van der Waals surface area contributed by atoms with Crippen molar-refractivity contribution in [2.24, 2.45) is 5.92 Å². The highest BCUT2D eigenvalue weighted by Crippen LogP contribution is 2.11. The first kappa shape index (κ1) is 17.7. The number of aryl methyl sites for hydroxylation is 1. The van der Waals surface area contributed by atoms with Gasteiger partial charge in [-0.15, -0.1) is 24.8 Å². The van der Waals surface area contributed by atoms with Gasteiger partial charge in [-0.3, -0.25) is 0 Å². The first-order valence-electron chi connectivity index (χ1n) is 6.32. The maximum absolute atomic E-state index is 3.58. The number of hydrogen-bond acceptors (Lipinski definition) is 2. The van der Waals surface area contributed by atoms with Gasteiger partial charge in [-0.2, -0.15) is 0 Å². The highest BCUT2D eigenvalue weighted by Gasteiger charge is 2.11. The van der Waals surface area contributed by atoms with Crippen LogP contribution in [0.1, 0.15) is 24.0 Å². The lowest BCUT2D eigenvalue weighted by Gasteiger charge is -2.23. The van der Waals surface area contributed by atoms with Gasteiger partial charge in [0.1, 0.15) is 0 Å². The molecule has 1 saturated heterocycles. The Bertz CT molecular complexity index is 325. The van der Waals surface area contributed by atoms with Crippen molar-refractivity contribution >= 4 is 24.8 Å². The predicted molar refractivity (Wildman–Crippen MR) is 83.0 cm³/mol. The number of rotatable bonds is 4. The van der Waals surface area contributed by atoms with Crippen LogP contribution in [-0.4, -0.2) is 19.6 Å². The van der Waals surface area contributed by atoms with E-state index in [0.717, 1.165) is 19.0 Å². The summed E-state index contributed by atoms with van der Waals surface area (Å²) in [6.07, 6.45) is 2.64. The average molecular weight is 291 g/mol. The summed E-state index contributed by atoms with van der Waals surface area (Å²) in [5.74, 6) is 0.866. The summed E-state index contributed by atoms with van der Waals surface area (Å²) in [4.78, 5) is 0. The molecule has 1 aromatic rings. The second-order valence-corrected chi connectivity index (χ2v) is 4.75. The summed E-state index contributed by atoms with van der Waals surface area (Å²) in [7, 11) is 0. The number of hydrogen-bond donors (Lipinski definition) is 2. The van der Waals surface area contributed by atoms with E-state index in [9.17, 15) is 0 Å². The fourth-order valence-electron chi connectivity index (χ4n) is 2.31. The fourth-order valence-corrected chi connectivity index (χ4v) is 2.31. The van der Waals surface area contributed by atoms with Crippen molar-refractivity contribution in [3.05, 3.63) is 35.4 Å². The van der Waals surface area contributed by atoms with E-state index in [0.29, 0.717) is 0 Å². The molecule has 2 rings (SSSR count). The summed E-state index contributed by atoms with van der Waals surface area (Å²) in [5, 5.41) is 6.99. The van der Waals surface area contributed by atoms with Crippen LogP contribution in [0.2, 0.25) is 0 Å². The van der Waals surface area contributed by atoms with E-state index >= 15 is 0 Å². The Hall–Kier alpha value is -0.280. The van der Waals surface area contributed by atoms with Crippen LogP contribution in [0.15, 0.2) is 24.3 Å². The van der Waals surface area contributed by atoms with E-state index in [2.05, 4.69) is 41.8 Å². The monoisotopic (exact) mass is 290 g/mol. The molecule has 1 heterocycles. The molecule has 0 aromatic heterocycles. The van der Waals surface area contributed by atoms with Crippen molar-refractivity contribution in [3.63, 3.8) is 0 Å². The van der Waals surface area contributed by atoms with Gasteiger partial charge < -0.3 is 10.6 Å². The van der Waals surface area contributed by atoms with E-state index in [4.69, 9.17) is 0 Å². The van der Waals surface area contributed by atoms with Crippen LogP contribution in [0.3, 0.4) is 0 Å². The van der Waals surface area contributed by atoms with Crippen molar-refractivity contribution in [1.82, 2.24) is 10.6 Å². The zero-order chi connectivity index (χ0) is 11.2. The number of halogens is 2. The van der Waals surface area contributed by atoms with E-state index in [1.54, 1.807) is 0 Å². The van der Waals surface area contributed by atoms with E-state index < -0.39 is 0 Å². The zero-order valence-corrected chi connectivity index (χ0v) is 12.6. The van der Waals surface area contributed by atoms with Crippen LogP contribution in [-0.2, 0) is 6.54 Å². The Morgan fingerprint density at radius 3 is 2.50 bits per heavy atom. The average Bonchev–Trinajstić information content (AvgIpc) is 2.33. The third kappa shape index (κ3) is 5.57.